The number of aromatic amines is 2. The molecule has 2 aromatic heterocycles. The Morgan fingerprint density at radius 2 is 1.62 bits per heavy atom. The van der Waals surface area contributed by atoms with Crippen LogP contribution in [0.1, 0.15) is 70.2 Å². The highest BCUT2D eigenvalue weighted by molar-refractivity contribution is 6.05. The van der Waals surface area contributed by atoms with E-state index in [9.17, 15) is 19.2 Å². The Bertz CT molecular complexity index is 2730. The van der Waals surface area contributed by atoms with Gasteiger partial charge in [0.05, 0.1) is 49.2 Å². The molecule has 4 amide bonds. The third-order valence-corrected chi connectivity index (χ3v) is 13.1. The number of hydrogen-bond acceptors (Lipinski definition) is 8. The standard InChI is InChI=1S/C49H52N8O6/c1-7-8-9-10-27(4)41(55-49(61)63-6)47(59)56-34-18-15-32(22-34)43(56)45-50-25-37(52-45)29-13-11-28(12-14-29)30-16-19-35-31(21-30)17-20-36-42(35)53-44(51-36)39-24-33-23-38(33)57(39)46(58)40(26(2)3)54-48(60)62-5/h7-14,16-17,19-21,23,25-26,32-34,39-41,43H,4,15,18,22,24H2,1-3,5-6H3,(H,50,52)(H,51,53)(H,54,60)(H,55,61)/b8-7-,10-9-/t32-,33+,34+,39-,40-,41+,43-/m0/s1. The molecule has 3 fully saturated rings. The van der Waals surface area contributed by atoms with Crippen molar-refractivity contribution < 1.29 is 28.7 Å². The molecule has 14 nitrogen and oxygen atoms in total. The lowest BCUT2D eigenvalue weighted by molar-refractivity contribution is -0.137. The molecule has 2 bridgehead atoms. The fraction of sp³-hybridized carbons (Fsp3) is 0.347. The maximum Gasteiger partial charge on any atom is 0.407 e. The number of nitrogens with zero attached hydrogens (tertiary/aromatic N) is 4. The number of H-pyrrole nitrogens is 2. The molecule has 2 aliphatic carbocycles. The van der Waals surface area contributed by atoms with Gasteiger partial charge in [-0.1, -0.05) is 93.3 Å². The predicted octanol–water partition coefficient (Wildman–Crippen LogP) is 8.41. The number of alkyl carbamates (subject to hydrolysis) is 2. The van der Waals surface area contributed by atoms with E-state index in [1.165, 1.54) is 14.2 Å². The van der Waals surface area contributed by atoms with E-state index in [0.29, 0.717) is 5.57 Å². The molecule has 2 aliphatic heterocycles. The first-order valence-corrected chi connectivity index (χ1v) is 21.6. The van der Waals surface area contributed by atoms with Crippen molar-refractivity contribution >= 4 is 45.8 Å². The van der Waals surface area contributed by atoms with Crippen LogP contribution in [0.4, 0.5) is 9.59 Å². The number of imidazole rings is 2. The minimum absolute atomic E-state index is 0.0421. The maximum atomic E-state index is 14.3. The van der Waals surface area contributed by atoms with Crippen molar-refractivity contribution in [3.8, 4) is 22.4 Å². The van der Waals surface area contributed by atoms with Gasteiger partial charge in [0.1, 0.15) is 23.7 Å². The summed E-state index contributed by atoms with van der Waals surface area (Å²) in [6, 6.07) is 16.6. The molecule has 324 valence electrons. The van der Waals surface area contributed by atoms with Gasteiger partial charge in [0.2, 0.25) is 5.91 Å². The first kappa shape index (κ1) is 41.4. The number of methoxy groups -OCH3 is 2. The normalized spacial score (nSPS) is 22.2. The van der Waals surface area contributed by atoms with Crippen molar-refractivity contribution in [1.82, 2.24) is 40.4 Å². The first-order valence-electron chi connectivity index (χ1n) is 21.6. The third-order valence-electron chi connectivity index (χ3n) is 13.1. The van der Waals surface area contributed by atoms with E-state index >= 15 is 0 Å². The van der Waals surface area contributed by atoms with Crippen LogP contribution < -0.4 is 10.6 Å². The molecule has 5 aromatic rings. The van der Waals surface area contributed by atoms with Gasteiger partial charge in [-0.3, -0.25) is 9.59 Å². The number of nitrogens with one attached hydrogen (secondary N) is 4. The van der Waals surface area contributed by atoms with Crippen molar-refractivity contribution in [3.63, 3.8) is 0 Å². The smallest absolute Gasteiger partial charge is 0.407 e. The molecule has 7 atom stereocenters. The van der Waals surface area contributed by atoms with Gasteiger partial charge in [-0.15, -0.1) is 0 Å². The lowest BCUT2D eigenvalue weighted by atomic mass is 9.96. The minimum Gasteiger partial charge on any atom is -0.453 e. The summed E-state index contributed by atoms with van der Waals surface area (Å²) in [5, 5.41) is 7.52. The number of ether oxygens (including phenoxy) is 2. The van der Waals surface area contributed by atoms with Crippen LogP contribution in [-0.2, 0) is 19.1 Å². The molecule has 2 saturated heterocycles. The second-order valence-corrected chi connectivity index (χ2v) is 17.2. The number of aromatic nitrogens is 4. The number of likely N-dealkylation sites (tertiary alicyclic amines) is 2. The highest BCUT2D eigenvalue weighted by atomic mass is 16.5. The summed E-state index contributed by atoms with van der Waals surface area (Å²) in [6.07, 6.45) is 13.3. The zero-order chi connectivity index (χ0) is 44.1. The number of hydrogen-bond donors (Lipinski definition) is 4. The Kier molecular flexibility index (Phi) is 11.0. The van der Waals surface area contributed by atoms with Crippen molar-refractivity contribution in [1.29, 1.82) is 0 Å². The summed E-state index contributed by atoms with van der Waals surface area (Å²) in [5.41, 5.74) is 7.10. The quantitative estimate of drug-likeness (QED) is 0.0906. The van der Waals surface area contributed by atoms with E-state index in [-0.39, 0.29) is 47.7 Å². The molecule has 4 heterocycles. The van der Waals surface area contributed by atoms with Gasteiger partial charge in [-0.05, 0) is 84.2 Å². The van der Waals surface area contributed by atoms with Crippen LogP contribution in [0.2, 0.25) is 0 Å². The number of benzene rings is 3. The number of fused-ring (bicyclic) bond motifs is 6. The molecule has 0 radical (unpaired) electrons. The SMILES string of the molecule is C=C(/C=C\C=C/C)[C@@H](NC(=O)OC)C(=O)N1[C@@H]2CC[C@@H](C2)[C@H]1c1ncc(-c2ccc(-c3ccc4c(ccc5nc([C@@H]6C[C@H]7C=C7N6C(=O)[C@@H](NC(=O)OC)C(C)C)[nH]c54)c3)cc2)[nH]1. The van der Waals surface area contributed by atoms with Crippen LogP contribution in [0.15, 0.2) is 109 Å². The Hall–Kier alpha value is -6.96. The number of piperidine rings is 1. The van der Waals surface area contributed by atoms with Crippen LogP contribution in [0, 0.1) is 17.8 Å². The second kappa shape index (κ2) is 16.7. The molecule has 0 spiro atoms. The van der Waals surface area contributed by atoms with Gasteiger partial charge in [-0.25, -0.2) is 19.6 Å². The minimum atomic E-state index is -0.980. The molecule has 1 saturated carbocycles. The fourth-order valence-corrected chi connectivity index (χ4v) is 9.82. The maximum absolute atomic E-state index is 14.3. The average Bonchev–Trinajstić information content (AvgIpc) is 3.91. The lowest BCUT2D eigenvalue weighted by Gasteiger charge is -2.36. The van der Waals surface area contributed by atoms with Gasteiger partial charge >= 0.3 is 12.2 Å². The summed E-state index contributed by atoms with van der Waals surface area (Å²) in [7, 11) is 2.57. The molecule has 0 unspecified atom stereocenters. The topological polar surface area (TPSA) is 175 Å². The lowest BCUT2D eigenvalue weighted by Crippen LogP contribution is -2.52. The second-order valence-electron chi connectivity index (χ2n) is 17.2. The number of allylic oxidation sites excluding steroid dienone is 5. The fourth-order valence-electron chi connectivity index (χ4n) is 9.82. The Labute approximate surface area is 365 Å². The van der Waals surface area contributed by atoms with Gasteiger partial charge < -0.3 is 39.9 Å². The summed E-state index contributed by atoms with van der Waals surface area (Å²) in [4.78, 5) is 73.3. The van der Waals surface area contributed by atoms with Gasteiger partial charge in [0.25, 0.3) is 5.91 Å². The molecule has 4 aliphatic rings. The highest BCUT2D eigenvalue weighted by Crippen LogP contribution is 2.52. The summed E-state index contributed by atoms with van der Waals surface area (Å²) < 4.78 is 9.69. The van der Waals surface area contributed by atoms with E-state index < -0.39 is 24.3 Å². The zero-order valence-corrected chi connectivity index (χ0v) is 36.1. The summed E-state index contributed by atoms with van der Waals surface area (Å²) in [6.45, 7) is 9.83. The molecule has 9 rings (SSSR count). The average molecular weight is 849 g/mol. The van der Waals surface area contributed by atoms with Gasteiger partial charge in [0.15, 0.2) is 0 Å². The zero-order valence-electron chi connectivity index (χ0n) is 36.1. The number of rotatable bonds is 12. The molecular formula is C49H52N8O6. The largest absolute Gasteiger partial charge is 0.453 e. The van der Waals surface area contributed by atoms with Crippen LogP contribution >= 0.6 is 0 Å². The summed E-state index contributed by atoms with van der Waals surface area (Å²) in [5.74, 6) is 1.38. The number of carbonyl (C=O) groups excluding carboxylic acids is 4. The molecule has 4 N–H and O–H groups in total. The Morgan fingerprint density at radius 3 is 2.37 bits per heavy atom. The van der Waals surface area contributed by atoms with Crippen molar-refractivity contribution in [2.45, 2.75) is 76.7 Å². The molecule has 63 heavy (non-hydrogen) atoms. The van der Waals surface area contributed by atoms with Crippen molar-refractivity contribution in [2.75, 3.05) is 14.2 Å². The van der Waals surface area contributed by atoms with E-state index in [1.54, 1.807) is 17.1 Å². The van der Waals surface area contributed by atoms with E-state index in [0.717, 1.165) is 87.2 Å². The van der Waals surface area contributed by atoms with Crippen LogP contribution in [0.5, 0.6) is 0 Å². The Morgan fingerprint density at radius 1 is 0.873 bits per heavy atom. The highest BCUT2D eigenvalue weighted by Gasteiger charge is 2.52. The van der Waals surface area contributed by atoms with Crippen molar-refractivity contribution in [3.05, 3.63) is 121 Å². The van der Waals surface area contributed by atoms with E-state index in [4.69, 9.17) is 19.4 Å². The first-order chi connectivity index (χ1) is 30.5. The van der Waals surface area contributed by atoms with Crippen LogP contribution in [0.3, 0.4) is 0 Å². The molecular weight excluding hydrogens is 797 g/mol. The predicted molar refractivity (Wildman–Crippen MR) is 240 cm³/mol. The molecule has 14 heteroatoms. The van der Waals surface area contributed by atoms with Crippen LogP contribution in [0.25, 0.3) is 44.2 Å². The van der Waals surface area contributed by atoms with Gasteiger partial charge in [0, 0.05) is 23.0 Å². The number of amides is 4. The summed E-state index contributed by atoms with van der Waals surface area (Å²) >= 11 is 0. The van der Waals surface area contributed by atoms with Gasteiger partial charge in [-0.2, -0.15) is 0 Å². The monoisotopic (exact) mass is 848 g/mol. The number of carbonyl (C=O) groups is 4. The molecule has 3 aromatic carbocycles. The van der Waals surface area contributed by atoms with E-state index in [1.807, 2.05) is 50.1 Å². The van der Waals surface area contributed by atoms with Crippen LogP contribution in [-0.4, -0.2) is 86.1 Å². The third kappa shape index (κ3) is 7.67. The van der Waals surface area contributed by atoms with E-state index in [2.05, 4.69) is 81.8 Å². The van der Waals surface area contributed by atoms with Crippen molar-refractivity contribution in [2.24, 2.45) is 17.8 Å². The Balaban J connectivity index is 0.929.